The first-order valence-corrected chi connectivity index (χ1v) is 11.3. The fraction of sp³-hybridized carbons (Fsp3) is 0.500. The van der Waals surface area contributed by atoms with Crippen LogP contribution >= 0.6 is 0 Å². The van der Waals surface area contributed by atoms with Crippen molar-refractivity contribution in [1.29, 1.82) is 0 Å². The van der Waals surface area contributed by atoms with Gasteiger partial charge < -0.3 is 30.0 Å². The first-order valence-electron chi connectivity index (χ1n) is 11.3. The van der Waals surface area contributed by atoms with Gasteiger partial charge in [-0.05, 0) is 18.4 Å². The molecule has 34 heavy (non-hydrogen) atoms. The number of benzene rings is 1. The molecule has 2 rings (SSSR count). The number of aliphatic hydroxyl groups is 1. The molecule has 3 N–H and O–H groups in total. The van der Waals surface area contributed by atoms with Crippen LogP contribution in [-0.2, 0) is 40.0 Å². The van der Waals surface area contributed by atoms with Gasteiger partial charge in [0.2, 0.25) is 11.8 Å². The highest BCUT2D eigenvalue weighted by atomic mass is 16.6. The molecule has 1 aromatic carbocycles. The van der Waals surface area contributed by atoms with Crippen molar-refractivity contribution in [3.05, 3.63) is 48.0 Å². The van der Waals surface area contributed by atoms with Gasteiger partial charge >= 0.3 is 11.9 Å². The van der Waals surface area contributed by atoms with Gasteiger partial charge in [0.25, 0.3) is 0 Å². The number of allylic oxidation sites excluding steroid dienone is 2. The van der Waals surface area contributed by atoms with Crippen molar-refractivity contribution < 1.29 is 38.5 Å². The third-order valence-electron chi connectivity index (χ3n) is 4.95. The van der Waals surface area contributed by atoms with E-state index < -0.39 is 29.8 Å². The molecule has 0 aliphatic carbocycles. The fourth-order valence-electron chi connectivity index (χ4n) is 3.12. The molecule has 10 heteroatoms. The summed E-state index contributed by atoms with van der Waals surface area (Å²) in [5.41, 5.74) is 0.773. The van der Waals surface area contributed by atoms with Gasteiger partial charge in [-0.3, -0.25) is 14.4 Å². The van der Waals surface area contributed by atoms with E-state index in [1.54, 1.807) is 24.3 Å². The van der Waals surface area contributed by atoms with Crippen LogP contribution < -0.4 is 10.6 Å². The summed E-state index contributed by atoms with van der Waals surface area (Å²) in [6, 6.07) is 7.85. The summed E-state index contributed by atoms with van der Waals surface area (Å²) in [4.78, 5) is 49.8. The maximum Gasteiger partial charge on any atom is 0.332 e. The van der Waals surface area contributed by atoms with E-state index in [4.69, 9.17) is 19.3 Å². The number of hydrogen-bond acceptors (Lipinski definition) is 8. The Labute approximate surface area is 198 Å². The largest absolute Gasteiger partial charge is 0.463 e. The van der Waals surface area contributed by atoms with Crippen LogP contribution in [0.1, 0.15) is 31.2 Å². The van der Waals surface area contributed by atoms with E-state index in [1.165, 1.54) is 0 Å². The van der Waals surface area contributed by atoms with E-state index >= 15 is 0 Å². The monoisotopic (exact) mass is 476 g/mol. The van der Waals surface area contributed by atoms with Gasteiger partial charge in [-0.25, -0.2) is 4.79 Å². The molecule has 0 fully saturated rings. The SMILES string of the molecule is O=C(C[C@H]1CC=CCCC(=O)OC[C@H](C(=O)OCc2ccccc2)NC1=O)NCCOCCO. The fourth-order valence-corrected chi connectivity index (χ4v) is 3.12. The van der Waals surface area contributed by atoms with Crippen molar-refractivity contribution in [2.45, 2.75) is 38.3 Å². The van der Waals surface area contributed by atoms with E-state index in [-0.39, 0.29) is 64.7 Å². The Bertz CT molecular complexity index is 828. The summed E-state index contributed by atoms with van der Waals surface area (Å²) < 4.78 is 15.6. The summed E-state index contributed by atoms with van der Waals surface area (Å²) in [6.45, 7) is 0.206. The lowest BCUT2D eigenvalue weighted by Crippen LogP contribution is -2.48. The minimum Gasteiger partial charge on any atom is -0.463 e. The molecule has 0 aromatic heterocycles. The molecule has 0 saturated heterocycles. The lowest BCUT2D eigenvalue weighted by atomic mass is 9.98. The van der Waals surface area contributed by atoms with Gasteiger partial charge in [0.05, 0.1) is 25.7 Å². The lowest BCUT2D eigenvalue weighted by molar-refractivity contribution is -0.155. The maximum absolute atomic E-state index is 12.9. The standard InChI is InChI=1S/C24H32N2O8/c27-12-14-32-13-11-25-21(28)15-19-9-5-2-6-10-22(29)33-17-20(26-23(19)30)24(31)34-16-18-7-3-1-4-8-18/h1-5,7-8,19-20,27H,6,9-17H2,(H,25,28)(H,26,30)/t19-,20-/m1/s1. The van der Waals surface area contributed by atoms with E-state index in [2.05, 4.69) is 10.6 Å². The van der Waals surface area contributed by atoms with Crippen LogP contribution in [0.4, 0.5) is 0 Å². The van der Waals surface area contributed by atoms with Crippen molar-refractivity contribution >= 4 is 23.8 Å². The van der Waals surface area contributed by atoms with Crippen molar-refractivity contribution in [2.24, 2.45) is 5.92 Å². The quantitative estimate of drug-likeness (QED) is 0.254. The second-order valence-electron chi connectivity index (χ2n) is 7.67. The third kappa shape index (κ3) is 10.6. The molecule has 0 radical (unpaired) electrons. The number of cyclic esters (lactones) is 1. The molecular formula is C24H32N2O8. The zero-order valence-corrected chi connectivity index (χ0v) is 19.1. The van der Waals surface area contributed by atoms with Gasteiger partial charge in [0.15, 0.2) is 6.04 Å². The Hall–Kier alpha value is -3.24. The van der Waals surface area contributed by atoms with Gasteiger partial charge in [-0.1, -0.05) is 42.5 Å². The maximum atomic E-state index is 12.9. The van der Waals surface area contributed by atoms with Crippen LogP contribution in [-0.4, -0.2) is 67.9 Å². The second kappa shape index (κ2) is 15.6. The summed E-state index contributed by atoms with van der Waals surface area (Å²) in [5.74, 6) is -2.81. The Morgan fingerprint density at radius 3 is 2.71 bits per heavy atom. The summed E-state index contributed by atoms with van der Waals surface area (Å²) in [6.07, 6.45) is 4.22. The molecular weight excluding hydrogens is 444 g/mol. The minimum absolute atomic E-state index is 0.00686. The highest BCUT2D eigenvalue weighted by Gasteiger charge is 2.29. The summed E-state index contributed by atoms with van der Waals surface area (Å²) in [5, 5.41) is 13.9. The number of amides is 2. The van der Waals surface area contributed by atoms with Gasteiger partial charge in [-0.15, -0.1) is 0 Å². The Morgan fingerprint density at radius 1 is 1.15 bits per heavy atom. The number of esters is 2. The number of rotatable bonds is 10. The summed E-state index contributed by atoms with van der Waals surface area (Å²) >= 11 is 0. The molecule has 0 spiro atoms. The van der Waals surface area contributed by atoms with E-state index in [0.29, 0.717) is 6.42 Å². The van der Waals surface area contributed by atoms with Crippen molar-refractivity contribution in [3.63, 3.8) is 0 Å². The predicted molar refractivity (Wildman–Crippen MR) is 121 cm³/mol. The molecule has 1 aliphatic rings. The highest BCUT2D eigenvalue weighted by Crippen LogP contribution is 2.13. The summed E-state index contributed by atoms with van der Waals surface area (Å²) in [7, 11) is 0. The number of aliphatic hydroxyl groups excluding tert-OH is 1. The number of ether oxygens (including phenoxy) is 3. The average Bonchev–Trinajstić information content (AvgIpc) is 2.83. The highest BCUT2D eigenvalue weighted by molar-refractivity contribution is 5.89. The van der Waals surface area contributed by atoms with E-state index in [9.17, 15) is 19.2 Å². The lowest BCUT2D eigenvalue weighted by Gasteiger charge is -2.21. The molecule has 1 aliphatic heterocycles. The molecule has 1 aromatic rings. The Kier molecular flexibility index (Phi) is 12.4. The van der Waals surface area contributed by atoms with Gasteiger partial charge in [-0.2, -0.15) is 0 Å². The van der Waals surface area contributed by atoms with Crippen LogP contribution in [0.5, 0.6) is 0 Å². The first-order chi connectivity index (χ1) is 16.5. The number of carbonyl (C=O) groups is 4. The van der Waals surface area contributed by atoms with Crippen molar-refractivity contribution in [2.75, 3.05) is 33.0 Å². The molecule has 2 atom stereocenters. The van der Waals surface area contributed by atoms with Crippen LogP contribution in [0.25, 0.3) is 0 Å². The molecule has 0 unspecified atom stereocenters. The van der Waals surface area contributed by atoms with Gasteiger partial charge in [0.1, 0.15) is 13.2 Å². The molecule has 10 nitrogen and oxygen atoms in total. The Balaban J connectivity index is 2.00. The van der Waals surface area contributed by atoms with Crippen LogP contribution in [0.15, 0.2) is 42.5 Å². The smallest absolute Gasteiger partial charge is 0.332 e. The van der Waals surface area contributed by atoms with Crippen molar-refractivity contribution in [3.8, 4) is 0 Å². The Morgan fingerprint density at radius 2 is 1.94 bits per heavy atom. The van der Waals surface area contributed by atoms with E-state index in [0.717, 1.165) is 5.56 Å². The van der Waals surface area contributed by atoms with Crippen LogP contribution in [0.2, 0.25) is 0 Å². The second-order valence-corrected chi connectivity index (χ2v) is 7.67. The number of hydrogen-bond donors (Lipinski definition) is 3. The van der Waals surface area contributed by atoms with Crippen LogP contribution in [0.3, 0.4) is 0 Å². The molecule has 0 saturated carbocycles. The van der Waals surface area contributed by atoms with Crippen LogP contribution in [0, 0.1) is 5.92 Å². The van der Waals surface area contributed by atoms with Gasteiger partial charge in [0, 0.05) is 19.4 Å². The predicted octanol–water partition coefficient (Wildman–Crippen LogP) is 0.629. The normalized spacial score (nSPS) is 19.2. The average molecular weight is 477 g/mol. The molecule has 1 heterocycles. The third-order valence-corrected chi connectivity index (χ3v) is 4.95. The van der Waals surface area contributed by atoms with Crippen molar-refractivity contribution in [1.82, 2.24) is 10.6 Å². The zero-order valence-electron chi connectivity index (χ0n) is 19.1. The van der Waals surface area contributed by atoms with E-state index in [1.807, 2.05) is 18.2 Å². The first kappa shape index (κ1) is 27.0. The molecule has 0 bridgehead atoms. The topological polar surface area (TPSA) is 140 Å². The molecule has 186 valence electrons. The zero-order chi connectivity index (χ0) is 24.6. The minimum atomic E-state index is -1.19. The molecule has 2 amide bonds. The number of carbonyl (C=O) groups excluding carboxylic acids is 4. The number of nitrogens with one attached hydrogen (secondary N) is 2.